The van der Waals surface area contributed by atoms with Crippen molar-refractivity contribution in [3.8, 4) is 16.9 Å². The fraction of sp³-hybridized carbons (Fsp3) is 0.259. The number of benzene rings is 2. The molecule has 0 radical (unpaired) electrons. The van der Waals surface area contributed by atoms with Gasteiger partial charge in [-0.15, -0.1) is 0 Å². The Bertz CT molecular complexity index is 1300. The molecule has 34 heavy (non-hydrogen) atoms. The van der Waals surface area contributed by atoms with E-state index in [0.717, 1.165) is 28.5 Å². The first-order chi connectivity index (χ1) is 16.5. The van der Waals surface area contributed by atoms with Crippen molar-refractivity contribution >= 4 is 16.8 Å². The quantitative estimate of drug-likeness (QED) is 0.313. The number of aliphatic hydroxyl groups is 1. The highest BCUT2D eigenvalue weighted by Crippen LogP contribution is 2.28. The predicted molar refractivity (Wildman–Crippen MR) is 130 cm³/mol. The Hall–Kier alpha value is -3.71. The zero-order chi connectivity index (χ0) is 24.1. The highest BCUT2D eigenvalue weighted by Gasteiger charge is 2.20. The Balaban J connectivity index is 1.60. The number of nitrogens with one attached hydrogen (secondary N) is 2. The number of aliphatic hydroxyl groups excluding tert-OH is 1. The molecule has 4 rings (SSSR count). The number of ether oxygens (including phenoxy) is 1. The molecule has 0 unspecified atom stereocenters. The lowest BCUT2D eigenvalue weighted by Gasteiger charge is -2.18. The Labute approximate surface area is 197 Å². The normalized spacial score (nSPS) is 12.0. The highest BCUT2D eigenvalue weighted by atomic mass is 19.1. The van der Waals surface area contributed by atoms with Crippen LogP contribution in [-0.2, 0) is 6.42 Å². The van der Waals surface area contributed by atoms with Crippen LogP contribution in [-0.4, -0.2) is 40.2 Å². The van der Waals surface area contributed by atoms with Gasteiger partial charge < -0.3 is 20.1 Å². The van der Waals surface area contributed by atoms with Crippen molar-refractivity contribution in [2.45, 2.75) is 32.7 Å². The minimum atomic E-state index is -0.521. The van der Waals surface area contributed by atoms with Gasteiger partial charge in [-0.05, 0) is 55.2 Å². The number of carbonyl (C=O) groups is 1. The van der Waals surface area contributed by atoms with E-state index in [1.807, 2.05) is 43.5 Å². The van der Waals surface area contributed by atoms with Gasteiger partial charge in [0.05, 0.1) is 24.8 Å². The van der Waals surface area contributed by atoms with Gasteiger partial charge in [-0.25, -0.2) is 4.98 Å². The SMILES string of the molecule is CCCOc1ccc(-c2cnc(F)c(C)c2)cc1C(=O)N[C@H](CO)Cc1c[nH]c2ccccc12. The van der Waals surface area contributed by atoms with Crippen LogP contribution in [0.5, 0.6) is 5.75 Å². The van der Waals surface area contributed by atoms with Crippen LogP contribution in [0.4, 0.5) is 4.39 Å². The molecule has 0 saturated carbocycles. The number of aromatic nitrogens is 2. The molecule has 3 N–H and O–H groups in total. The third kappa shape index (κ3) is 5.10. The Kier molecular flexibility index (Phi) is 7.23. The number of aromatic amines is 1. The number of hydrogen-bond acceptors (Lipinski definition) is 4. The molecule has 0 aliphatic carbocycles. The standard InChI is InChI=1S/C27H28FN3O3/c1-3-10-34-25-9-8-18(19-11-17(2)26(28)30-14-19)13-23(25)27(33)31-21(16-32)12-20-15-29-24-7-5-4-6-22(20)24/h4-9,11,13-15,21,29,32H,3,10,12,16H2,1-2H3,(H,31,33)/t21-/m0/s1. The van der Waals surface area contributed by atoms with Crippen LogP contribution in [0.15, 0.2) is 60.9 Å². The second-order valence-corrected chi connectivity index (χ2v) is 8.31. The van der Waals surface area contributed by atoms with Crippen molar-refractivity contribution in [2.24, 2.45) is 0 Å². The Morgan fingerprint density at radius 3 is 2.79 bits per heavy atom. The van der Waals surface area contributed by atoms with Crippen molar-refractivity contribution in [2.75, 3.05) is 13.2 Å². The third-order valence-electron chi connectivity index (χ3n) is 5.73. The summed E-state index contributed by atoms with van der Waals surface area (Å²) in [5.41, 5.74) is 4.22. The summed E-state index contributed by atoms with van der Waals surface area (Å²) in [7, 11) is 0. The van der Waals surface area contributed by atoms with Crippen LogP contribution in [0.1, 0.15) is 34.8 Å². The molecule has 4 aromatic rings. The first-order valence-electron chi connectivity index (χ1n) is 11.4. The number of amides is 1. The van der Waals surface area contributed by atoms with Crippen LogP contribution >= 0.6 is 0 Å². The zero-order valence-corrected chi connectivity index (χ0v) is 19.3. The molecule has 2 aromatic heterocycles. The number of carbonyl (C=O) groups excluding carboxylic acids is 1. The maximum absolute atomic E-state index is 13.6. The van der Waals surface area contributed by atoms with Crippen LogP contribution in [0, 0.1) is 12.9 Å². The summed E-state index contributed by atoms with van der Waals surface area (Å²) < 4.78 is 19.5. The second kappa shape index (κ2) is 10.5. The van der Waals surface area contributed by atoms with Crippen molar-refractivity contribution in [1.29, 1.82) is 0 Å². The van der Waals surface area contributed by atoms with Gasteiger partial charge in [0, 0.05) is 34.4 Å². The van der Waals surface area contributed by atoms with E-state index >= 15 is 0 Å². The summed E-state index contributed by atoms with van der Waals surface area (Å²) in [6, 6.07) is 14.4. The van der Waals surface area contributed by atoms with Gasteiger partial charge in [0.25, 0.3) is 5.91 Å². The molecular formula is C27H28FN3O3. The number of halogens is 1. The van der Waals surface area contributed by atoms with Gasteiger partial charge in [-0.2, -0.15) is 4.39 Å². The number of fused-ring (bicyclic) bond motifs is 1. The third-order valence-corrected chi connectivity index (χ3v) is 5.73. The van der Waals surface area contributed by atoms with Crippen molar-refractivity contribution in [3.05, 3.63) is 83.6 Å². The van der Waals surface area contributed by atoms with Crippen LogP contribution in [0.2, 0.25) is 0 Å². The highest BCUT2D eigenvalue weighted by molar-refractivity contribution is 5.98. The summed E-state index contributed by atoms with van der Waals surface area (Å²) >= 11 is 0. The molecule has 0 bridgehead atoms. The molecule has 0 aliphatic heterocycles. The number of nitrogens with zero attached hydrogens (tertiary/aromatic N) is 1. The lowest BCUT2D eigenvalue weighted by atomic mass is 10.0. The first-order valence-corrected chi connectivity index (χ1v) is 11.4. The fourth-order valence-electron chi connectivity index (χ4n) is 3.93. The lowest BCUT2D eigenvalue weighted by molar-refractivity contribution is 0.0912. The van der Waals surface area contributed by atoms with Crippen LogP contribution in [0.25, 0.3) is 22.0 Å². The zero-order valence-electron chi connectivity index (χ0n) is 19.3. The molecule has 2 aromatic carbocycles. The number of hydrogen-bond donors (Lipinski definition) is 3. The molecule has 0 spiro atoms. The molecule has 6 nitrogen and oxygen atoms in total. The van der Waals surface area contributed by atoms with E-state index in [1.54, 1.807) is 25.1 Å². The molecule has 0 aliphatic rings. The number of aryl methyl sites for hydroxylation is 1. The predicted octanol–water partition coefficient (Wildman–Crippen LogP) is 4.80. The summed E-state index contributed by atoms with van der Waals surface area (Å²) in [4.78, 5) is 20.3. The topological polar surface area (TPSA) is 87.2 Å². The number of H-pyrrole nitrogens is 1. The maximum atomic E-state index is 13.6. The van der Waals surface area contributed by atoms with E-state index in [0.29, 0.717) is 35.5 Å². The Morgan fingerprint density at radius 2 is 2.03 bits per heavy atom. The molecule has 1 atom stereocenters. The minimum Gasteiger partial charge on any atom is -0.493 e. The van der Waals surface area contributed by atoms with Gasteiger partial charge >= 0.3 is 0 Å². The fourth-order valence-corrected chi connectivity index (χ4v) is 3.93. The Morgan fingerprint density at radius 1 is 1.21 bits per heavy atom. The average molecular weight is 462 g/mol. The van der Waals surface area contributed by atoms with Crippen molar-refractivity contribution in [3.63, 3.8) is 0 Å². The van der Waals surface area contributed by atoms with Crippen molar-refractivity contribution in [1.82, 2.24) is 15.3 Å². The summed E-state index contributed by atoms with van der Waals surface area (Å²) in [5.74, 6) is -0.412. The second-order valence-electron chi connectivity index (χ2n) is 8.31. The van der Waals surface area contributed by atoms with E-state index in [4.69, 9.17) is 4.74 Å². The lowest BCUT2D eigenvalue weighted by Crippen LogP contribution is -2.39. The molecule has 1 amide bonds. The van der Waals surface area contributed by atoms with Gasteiger partial charge in [0.15, 0.2) is 0 Å². The van der Waals surface area contributed by atoms with E-state index in [2.05, 4.69) is 15.3 Å². The summed E-state index contributed by atoms with van der Waals surface area (Å²) in [6.45, 7) is 3.89. The van der Waals surface area contributed by atoms with E-state index in [9.17, 15) is 14.3 Å². The smallest absolute Gasteiger partial charge is 0.255 e. The average Bonchev–Trinajstić information content (AvgIpc) is 3.26. The first kappa shape index (κ1) is 23.4. The van der Waals surface area contributed by atoms with Gasteiger partial charge in [-0.3, -0.25) is 4.79 Å². The largest absolute Gasteiger partial charge is 0.493 e. The van der Waals surface area contributed by atoms with Gasteiger partial charge in [-0.1, -0.05) is 31.2 Å². The van der Waals surface area contributed by atoms with Gasteiger partial charge in [0.2, 0.25) is 5.95 Å². The monoisotopic (exact) mass is 461 g/mol. The molecule has 0 fully saturated rings. The van der Waals surface area contributed by atoms with Crippen molar-refractivity contribution < 1.29 is 19.0 Å². The summed E-state index contributed by atoms with van der Waals surface area (Å²) in [5, 5.41) is 14.0. The van der Waals surface area contributed by atoms with E-state index in [-0.39, 0.29) is 12.5 Å². The summed E-state index contributed by atoms with van der Waals surface area (Å²) in [6.07, 6.45) is 4.61. The molecule has 7 heteroatoms. The number of rotatable bonds is 9. The maximum Gasteiger partial charge on any atom is 0.255 e. The molecule has 2 heterocycles. The molecule has 176 valence electrons. The minimum absolute atomic E-state index is 0.211. The number of para-hydroxylation sites is 1. The van der Waals surface area contributed by atoms with Crippen LogP contribution < -0.4 is 10.1 Å². The van der Waals surface area contributed by atoms with E-state index in [1.165, 1.54) is 6.20 Å². The molecular weight excluding hydrogens is 433 g/mol. The van der Waals surface area contributed by atoms with E-state index < -0.39 is 12.0 Å². The number of pyridine rings is 1. The van der Waals surface area contributed by atoms with Crippen LogP contribution in [0.3, 0.4) is 0 Å². The molecule has 0 saturated heterocycles. The van der Waals surface area contributed by atoms with Gasteiger partial charge in [0.1, 0.15) is 5.75 Å².